The average molecular weight is 285 g/mol. The van der Waals surface area contributed by atoms with Gasteiger partial charge in [0.05, 0.1) is 12.4 Å². The lowest BCUT2D eigenvalue weighted by molar-refractivity contribution is 0.488. The highest BCUT2D eigenvalue weighted by Gasteiger charge is 2.11. The molecule has 0 aliphatic heterocycles. The largest absolute Gasteiger partial charge is 0.431 e. The zero-order valence-corrected chi connectivity index (χ0v) is 10.8. The third-order valence-corrected chi connectivity index (χ3v) is 3.50. The van der Waals surface area contributed by atoms with Crippen molar-refractivity contribution in [3.63, 3.8) is 0 Å². The number of hydrogen-bond acceptors (Lipinski definition) is 8. The second kappa shape index (κ2) is 4.17. The molecular weight excluding hydrogens is 278 g/mol. The molecule has 20 heavy (non-hydrogen) atoms. The summed E-state index contributed by atoms with van der Waals surface area (Å²) in [4.78, 5) is 8.44. The first-order valence-corrected chi connectivity index (χ1v) is 6.47. The van der Waals surface area contributed by atoms with E-state index in [4.69, 9.17) is 10.2 Å². The molecule has 4 aromatic rings. The van der Waals surface area contributed by atoms with Crippen LogP contribution in [0.25, 0.3) is 16.7 Å². The maximum absolute atomic E-state index is 5.72. The Bertz CT molecular complexity index is 915. The lowest BCUT2D eigenvalue weighted by Gasteiger charge is -1.97. The Morgan fingerprint density at radius 2 is 2.20 bits per heavy atom. The third-order valence-electron chi connectivity index (χ3n) is 2.66. The molecule has 0 amide bonds. The Morgan fingerprint density at radius 3 is 3.15 bits per heavy atom. The summed E-state index contributed by atoms with van der Waals surface area (Å²) in [5, 5.41) is 12.5. The fraction of sp³-hybridized carbons (Fsp3) is 0. The summed E-state index contributed by atoms with van der Waals surface area (Å²) in [7, 11) is 0. The Labute approximate surface area is 116 Å². The molecule has 0 unspecified atom stereocenters. The molecule has 0 fully saturated rings. The first kappa shape index (κ1) is 11.2. The molecule has 9 heteroatoms. The topological polar surface area (TPSA) is 108 Å². The van der Waals surface area contributed by atoms with Gasteiger partial charge in [-0.2, -0.15) is 4.52 Å². The van der Waals surface area contributed by atoms with Crippen LogP contribution in [0.4, 0.5) is 5.69 Å². The molecule has 1 aromatic carbocycles. The Morgan fingerprint density at radius 1 is 1.25 bits per heavy atom. The number of nitrogens with two attached hydrogens (primary N) is 1. The Hall–Kier alpha value is -2.68. The third kappa shape index (κ3) is 1.75. The predicted octanol–water partition coefficient (Wildman–Crippen LogP) is 1.39. The number of aromatic nitrogens is 6. The van der Waals surface area contributed by atoms with Crippen LogP contribution in [-0.4, -0.2) is 30.0 Å². The zero-order chi connectivity index (χ0) is 13.5. The molecule has 0 saturated heterocycles. The first-order valence-electron chi connectivity index (χ1n) is 5.65. The second-order valence-electron chi connectivity index (χ2n) is 4.00. The lowest BCUT2D eigenvalue weighted by atomic mass is 10.3. The van der Waals surface area contributed by atoms with E-state index in [9.17, 15) is 0 Å². The molecule has 3 aromatic heterocycles. The van der Waals surface area contributed by atoms with Crippen molar-refractivity contribution in [1.82, 2.24) is 30.0 Å². The van der Waals surface area contributed by atoms with Crippen molar-refractivity contribution in [3.05, 3.63) is 30.6 Å². The van der Waals surface area contributed by atoms with E-state index < -0.39 is 0 Å². The average Bonchev–Trinajstić information content (AvgIpc) is 3.04. The van der Waals surface area contributed by atoms with Gasteiger partial charge in [-0.25, -0.2) is 4.98 Å². The number of nitrogens with zero attached hydrogens (tertiary/aromatic N) is 6. The van der Waals surface area contributed by atoms with E-state index in [1.165, 1.54) is 11.8 Å². The van der Waals surface area contributed by atoms with Crippen LogP contribution >= 0.6 is 11.8 Å². The Balaban J connectivity index is 1.78. The molecule has 0 aliphatic rings. The molecule has 0 saturated carbocycles. The smallest absolute Gasteiger partial charge is 0.263 e. The number of anilines is 1. The van der Waals surface area contributed by atoms with E-state index >= 15 is 0 Å². The molecule has 98 valence electrons. The van der Waals surface area contributed by atoms with Crippen LogP contribution < -0.4 is 5.73 Å². The SMILES string of the molecule is Nc1ccc2oc(Sc3cncc4nnnn34)nc2c1. The van der Waals surface area contributed by atoms with E-state index in [-0.39, 0.29) is 0 Å². The summed E-state index contributed by atoms with van der Waals surface area (Å²) in [5.74, 6) is 0. The molecular formula is C11H7N7OS. The van der Waals surface area contributed by atoms with Gasteiger partial charge in [0.25, 0.3) is 5.22 Å². The maximum atomic E-state index is 5.72. The minimum Gasteiger partial charge on any atom is -0.431 e. The molecule has 4 rings (SSSR count). The van der Waals surface area contributed by atoms with Crippen molar-refractivity contribution in [2.75, 3.05) is 5.73 Å². The van der Waals surface area contributed by atoms with Gasteiger partial charge in [0.15, 0.2) is 11.2 Å². The number of hydrogen-bond donors (Lipinski definition) is 1. The van der Waals surface area contributed by atoms with Gasteiger partial charge >= 0.3 is 0 Å². The van der Waals surface area contributed by atoms with Crippen molar-refractivity contribution in [2.24, 2.45) is 0 Å². The van der Waals surface area contributed by atoms with Crippen LogP contribution in [0.5, 0.6) is 0 Å². The minimum atomic E-state index is 0.482. The van der Waals surface area contributed by atoms with E-state index in [1.807, 2.05) is 0 Å². The monoisotopic (exact) mass is 285 g/mol. The summed E-state index contributed by atoms with van der Waals surface area (Å²) in [6.45, 7) is 0. The summed E-state index contributed by atoms with van der Waals surface area (Å²) >= 11 is 1.29. The predicted molar refractivity (Wildman–Crippen MR) is 71.1 cm³/mol. The van der Waals surface area contributed by atoms with Gasteiger partial charge in [-0.3, -0.25) is 4.98 Å². The molecule has 8 nitrogen and oxygen atoms in total. The normalized spacial score (nSPS) is 11.4. The van der Waals surface area contributed by atoms with Crippen molar-refractivity contribution < 1.29 is 4.42 Å². The van der Waals surface area contributed by atoms with Gasteiger partial charge < -0.3 is 10.2 Å². The van der Waals surface area contributed by atoms with Crippen molar-refractivity contribution in [2.45, 2.75) is 10.2 Å². The van der Waals surface area contributed by atoms with Crippen LogP contribution in [0.2, 0.25) is 0 Å². The van der Waals surface area contributed by atoms with Gasteiger partial charge in [-0.1, -0.05) is 0 Å². The van der Waals surface area contributed by atoms with E-state index in [2.05, 4.69) is 25.5 Å². The van der Waals surface area contributed by atoms with Crippen LogP contribution in [0, 0.1) is 0 Å². The van der Waals surface area contributed by atoms with Gasteiger partial charge in [-0.05, 0) is 40.4 Å². The van der Waals surface area contributed by atoms with Crippen LogP contribution in [0.1, 0.15) is 0 Å². The molecule has 0 aliphatic carbocycles. The minimum absolute atomic E-state index is 0.482. The van der Waals surface area contributed by atoms with Crippen molar-refractivity contribution in [3.8, 4) is 0 Å². The van der Waals surface area contributed by atoms with Crippen LogP contribution in [0.15, 0.2) is 45.3 Å². The highest BCUT2D eigenvalue weighted by atomic mass is 32.2. The Kier molecular flexibility index (Phi) is 2.33. The van der Waals surface area contributed by atoms with Gasteiger partial charge in [-0.15, -0.1) is 5.10 Å². The van der Waals surface area contributed by atoms with E-state index in [0.29, 0.717) is 32.7 Å². The number of fused-ring (bicyclic) bond motifs is 2. The maximum Gasteiger partial charge on any atom is 0.263 e. The molecule has 0 radical (unpaired) electrons. The standard InChI is InChI=1S/C11H7N7OS/c12-6-1-2-8-7(3-6)14-11(19-8)20-10-5-13-4-9-15-16-17-18(9)10/h1-5H,12H2. The van der Waals surface area contributed by atoms with Gasteiger partial charge in [0.2, 0.25) is 0 Å². The van der Waals surface area contributed by atoms with Crippen molar-refractivity contribution in [1.29, 1.82) is 0 Å². The quantitative estimate of drug-likeness (QED) is 0.550. The van der Waals surface area contributed by atoms with E-state index in [0.717, 1.165) is 0 Å². The van der Waals surface area contributed by atoms with E-state index in [1.54, 1.807) is 35.1 Å². The van der Waals surface area contributed by atoms with Gasteiger partial charge in [0, 0.05) is 5.69 Å². The number of tetrazole rings is 1. The molecule has 0 atom stereocenters. The number of nitrogen functional groups attached to an aromatic ring is 1. The molecule has 3 heterocycles. The number of oxazole rings is 1. The number of benzene rings is 1. The first-order chi connectivity index (χ1) is 9.79. The molecule has 2 N–H and O–H groups in total. The van der Waals surface area contributed by atoms with Crippen molar-refractivity contribution >= 4 is 34.2 Å². The summed E-state index contributed by atoms with van der Waals surface area (Å²) in [5.41, 5.74) is 8.32. The van der Waals surface area contributed by atoms with Gasteiger partial charge in [0.1, 0.15) is 10.5 Å². The van der Waals surface area contributed by atoms with Crippen LogP contribution in [0.3, 0.4) is 0 Å². The van der Waals surface area contributed by atoms with Crippen LogP contribution in [-0.2, 0) is 0 Å². The summed E-state index contributed by atoms with van der Waals surface area (Å²) in [6, 6.07) is 5.32. The zero-order valence-electron chi connectivity index (χ0n) is 9.96. The highest BCUT2D eigenvalue weighted by Crippen LogP contribution is 2.29. The second-order valence-corrected chi connectivity index (χ2v) is 4.98. The summed E-state index contributed by atoms with van der Waals surface area (Å²) < 4.78 is 7.21. The lowest BCUT2D eigenvalue weighted by Crippen LogP contribution is -1.93. The fourth-order valence-corrected chi connectivity index (χ4v) is 2.56. The number of rotatable bonds is 2. The summed E-state index contributed by atoms with van der Waals surface area (Å²) in [6.07, 6.45) is 3.23. The molecule has 0 bridgehead atoms. The highest BCUT2D eigenvalue weighted by molar-refractivity contribution is 7.99. The fourth-order valence-electron chi connectivity index (χ4n) is 1.78. The molecule has 0 spiro atoms.